The lowest BCUT2D eigenvalue weighted by molar-refractivity contribution is -0.147. The molecule has 1 heterocycles. The third kappa shape index (κ3) is 7.12. The van der Waals surface area contributed by atoms with Crippen molar-refractivity contribution in [2.45, 2.75) is 26.4 Å². The van der Waals surface area contributed by atoms with Crippen molar-refractivity contribution in [1.29, 1.82) is 0 Å². The highest BCUT2D eigenvalue weighted by Crippen LogP contribution is 2.22. The number of hydrogen-bond acceptors (Lipinski definition) is 4. The summed E-state index contributed by atoms with van der Waals surface area (Å²) in [7, 11) is 0. The fourth-order valence-electron chi connectivity index (χ4n) is 1.24. The van der Waals surface area contributed by atoms with Crippen LogP contribution in [-0.4, -0.2) is 24.5 Å². The highest BCUT2D eigenvalue weighted by Gasteiger charge is 2.05. The van der Waals surface area contributed by atoms with Crippen molar-refractivity contribution in [3.05, 3.63) is 26.9 Å². The number of nitrogens with one attached hydrogen (secondary N) is 1. The average Bonchev–Trinajstić information content (AvgIpc) is 2.71. The van der Waals surface area contributed by atoms with E-state index in [2.05, 4.69) is 21.2 Å². The van der Waals surface area contributed by atoms with Gasteiger partial charge in [-0.2, -0.15) is 0 Å². The summed E-state index contributed by atoms with van der Waals surface area (Å²) in [6.45, 7) is 3.86. The molecule has 0 aliphatic rings. The van der Waals surface area contributed by atoms with Gasteiger partial charge in [-0.05, 0) is 48.0 Å². The number of esters is 1. The SMILES string of the molecule is CC(C)OC(=O)CCNC(=O)/C=C/c1ccc(Br)s1. The van der Waals surface area contributed by atoms with Crippen LogP contribution in [0.4, 0.5) is 0 Å². The molecule has 0 aliphatic carbocycles. The van der Waals surface area contributed by atoms with Crippen molar-refractivity contribution >= 4 is 45.2 Å². The number of hydrogen-bond donors (Lipinski definition) is 1. The number of rotatable bonds is 6. The van der Waals surface area contributed by atoms with Crippen LogP contribution >= 0.6 is 27.3 Å². The standard InChI is InChI=1S/C13H16BrNO3S/c1-9(2)18-13(17)7-8-15-12(16)6-4-10-3-5-11(14)19-10/h3-6,9H,7-8H2,1-2H3,(H,15,16)/b6-4+. The van der Waals surface area contributed by atoms with Crippen LogP contribution in [0.5, 0.6) is 0 Å². The van der Waals surface area contributed by atoms with Crippen LogP contribution in [-0.2, 0) is 14.3 Å². The van der Waals surface area contributed by atoms with E-state index in [1.165, 1.54) is 6.08 Å². The molecule has 1 aromatic rings. The molecular weight excluding hydrogens is 330 g/mol. The highest BCUT2D eigenvalue weighted by molar-refractivity contribution is 9.11. The van der Waals surface area contributed by atoms with Crippen molar-refractivity contribution in [3.8, 4) is 0 Å². The lowest BCUT2D eigenvalue weighted by Crippen LogP contribution is -2.25. The van der Waals surface area contributed by atoms with Crippen molar-refractivity contribution in [1.82, 2.24) is 5.32 Å². The summed E-state index contributed by atoms with van der Waals surface area (Å²) in [5.74, 6) is -0.525. The Labute approximate surface area is 125 Å². The first-order valence-electron chi connectivity index (χ1n) is 5.88. The first kappa shape index (κ1) is 15.9. The van der Waals surface area contributed by atoms with Crippen molar-refractivity contribution in [3.63, 3.8) is 0 Å². The van der Waals surface area contributed by atoms with Gasteiger partial charge in [0.1, 0.15) is 0 Å². The zero-order chi connectivity index (χ0) is 14.3. The molecule has 1 aromatic heterocycles. The summed E-state index contributed by atoms with van der Waals surface area (Å²) in [6, 6.07) is 3.84. The van der Waals surface area contributed by atoms with Gasteiger partial charge >= 0.3 is 5.97 Å². The monoisotopic (exact) mass is 345 g/mol. The summed E-state index contributed by atoms with van der Waals surface area (Å²) in [5.41, 5.74) is 0. The molecule has 0 radical (unpaired) electrons. The molecule has 0 bridgehead atoms. The van der Waals surface area contributed by atoms with Gasteiger partial charge in [0.25, 0.3) is 0 Å². The van der Waals surface area contributed by atoms with E-state index >= 15 is 0 Å². The molecule has 0 unspecified atom stereocenters. The number of amides is 1. The van der Waals surface area contributed by atoms with Gasteiger partial charge < -0.3 is 10.1 Å². The largest absolute Gasteiger partial charge is 0.463 e. The molecule has 0 saturated carbocycles. The molecule has 1 N–H and O–H groups in total. The maximum absolute atomic E-state index is 11.5. The van der Waals surface area contributed by atoms with E-state index in [0.717, 1.165) is 8.66 Å². The van der Waals surface area contributed by atoms with Crippen LogP contribution in [0, 0.1) is 0 Å². The van der Waals surface area contributed by atoms with Gasteiger partial charge in [0.05, 0.1) is 16.3 Å². The topological polar surface area (TPSA) is 55.4 Å². The lowest BCUT2D eigenvalue weighted by Gasteiger charge is -2.07. The van der Waals surface area contributed by atoms with Crippen LogP contribution in [0.15, 0.2) is 22.0 Å². The Morgan fingerprint density at radius 3 is 2.79 bits per heavy atom. The fourth-order valence-corrected chi connectivity index (χ4v) is 2.57. The van der Waals surface area contributed by atoms with Crippen molar-refractivity contribution < 1.29 is 14.3 Å². The summed E-state index contributed by atoms with van der Waals surface area (Å²) >= 11 is 4.89. The second-order valence-electron chi connectivity index (χ2n) is 4.05. The van der Waals surface area contributed by atoms with Crippen molar-refractivity contribution in [2.24, 2.45) is 0 Å². The van der Waals surface area contributed by atoms with Crippen LogP contribution in [0.2, 0.25) is 0 Å². The normalized spacial score (nSPS) is 10.9. The molecule has 0 spiro atoms. The third-order valence-electron chi connectivity index (χ3n) is 1.99. The molecule has 0 aromatic carbocycles. The van der Waals surface area contributed by atoms with E-state index in [1.807, 2.05) is 12.1 Å². The summed E-state index contributed by atoms with van der Waals surface area (Å²) in [6.07, 6.45) is 3.24. The first-order chi connectivity index (χ1) is 8.97. The second-order valence-corrected chi connectivity index (χ2v) is 6.55. The third-order valence-corrected chi connectivity index (χ3v) is 3.58. The van der Waals surface area contributed by atoms with E-state index in [-0.39, 0.29) is 30.9 Å². The zero-order valence-electron chi connectivity index (χ0n) is 10.8. The van der Waals surface area contributed by atoms with Crippen LogP contribution in [0.3, 0.4) is 0 Å². The minimum absolute atomic E-state index is 0.125. The minimum atomic E-state index is -0.304. The average molecular weight is 346 g/mol. The van der Waals surface area contributed by atoms with Crippen molar-refractivity contribution in [2.75, 3.05) is 6.54 Å². The van der Waals surface area contributed by atoms with Gasteiger partial charge in [-0.1, -0.05) is 0 Å². The summed E-state index contributed by atoms with van der Waals surface area (Å²) in [5, 5.41) is 2.63. The summed E-state index contributed by atoms with van der Waals surface area (Å²) < 4.78 is 5.97. The van der Waals surface area contributed by atoms with E-state index in [0.29, 0.717) is 0 Å². The molecule has 4 nitrogen and oxygen atoms in total. The quantitative estimate of drug-likeness (QED) is 0.636. The van der Waals surface area contributed by atoms with E-state index in [1.54, 1.807) is 31.3 Å². The number of carbonyl (C=O) groups is 2. The highest BCUT2D eigenvalue weighted by atomic mass is 79.9. The number of thiophene rings is 1. The van der Waals surface area contributed by atoms with Gasteiger partial charge in [0.2, 0.25) is 5.91 Å². The number of carbonyl (C=O) groups excluding carboxylic acids is 2. The molecule has 1 amide bonds. The molecule has 0 aliphatic heterocycles. The maximum Gasteiger partial charge on any atom is 0.307 e. The molecule has 6 heteroatoms. The molecule has 19 heavy (non-hydrogen) atoms. The predicted molar refractivity (Wildman–Crippen MR) is 79.9 cm³/mol. The Kier molecular flexibility index (Phi) is 6.80. The second kappa shape index (κ2) is 8.12. The molecule has 0 fully saturated rings. The summed E-state index contributed by atoms with van der Waals surface area (Å²) in [4.78, 5) is 23.7. The van der Waals surface area contributed by atoms with E-state index in [9.17, 15) is 9.59 Å². The Balaban J connectivity index is 2.25. The molecule has 0 atom stereocenters. The van der Waals surface area contributed by atoms with Crippen LogP contribution in [0.25, 0.3) is 6.08 Å². The predicted octanol–water partition coefficient (Wildman–Crippen LogP) is 2.98. The van der Waals surface area contributed by atoms with Gasteiger partial charge in [0, 0.05) is 17.5 Å². The van der Waals surface area contributed by atoms with Crippen LogP contribution in [0.1, 0.15) is 25.1 Å². The Morgan fingerprint density at radius 1 is 1.47 bits per heavy atom. The van der Waals surface area contributed by atoms with Gasteiger partial charge in [-0.25, -0.2) is 0 Å². The Morgan fingerprint density at radius 2 is 2.21 bits per heavy atom. The van der Waals surface area contributed by atoms with E-state index < -0.39 is 0 Å². The van der Waals surface area contributed by atoms with Gasteiger partial charge in [0.15, 0.2) is 0 Å². The van der Waals surface area contributed by atoms with E-state index in [4.69, 9.17) is 4.74 Å². The number of halogens is 1. The maximum atomic E-state index is 11.5. The molecule has 104 valence electrons. The lowest BCUT2D eigenvalue weighted by atomic mass is 10.3. The molecule has 1 rings (SSSR count). The fraction of sp³-hybridized carbons (Fsp3) is 0.385. The zero-order valence-corrected chi connectivity index (χ0v) is 13.2. The van der Waals surface area contributed by atoms with Gasteiger partial charge in [-0.15, -0.1) is 11.3 Å². The molecular formula is C13H16BrNO3S. The minimum Gasteiger partial charge on any atom is -0.463 e. The smallest absolute Gasteiger partial charge is 0.307 e. The molecule has 0 saturated heterocycles. The Bertz CT molecular complexity index is 468. The van der Waals surface area contributed by atoms with Gasteiger partial charge in [-0.3, -0.25) is 9.59 Å². The Hall–Kier alpha value is -1.14. The first-order valence-corrected chi connectivity index (χ1v) is 7.49. The van der Waals surface area contributed by atoms with Crippen LogP contribution < -0.4 is 5.32 Å². The number of ether oxygens (including phenoxy) is 1.